The van der Waals surface area contributed by atoms with Crippen LogP contribution in [0.25, 0.3) is 0 Å². The molecule has 0 fully saturated rings. The van der Waals surface area contributed by atoms with Crippen LogP contribution in [-0.4, -0.2) is 13.2 Å². The van der Waals surface area contributed by atoms with E-state index in [1.807, 2.05) is 13.8 Å². The Balaban J connectivity index is 3.00. The van der Waals surface area contributed by atoms with Gasteiger partial charge in [0.1, 0.15) is 0 Å². The van der Waals surface area contributed by atoms with E-state index >= 15 is 0 Å². The highest BCUT2D eigenvalue weighted by molar-refractivity contribution is 8.67. The monoisotopic (exact) mass is 394 g/mol. The average Bonchev–Trinajstić information content (AvgIpc) is 2.54. The standard InChI is InChI=1S/C13H16F5O2PS2/c1-3-5-19-21(22,20-6-4-2)23-7-8-9(14)11(16)13(18)12(17)10(8)15/h3-7H2,1-2H3. The number of hydrogen-bond donors (Lipinski definition) is 0. The lowest BCUT2D eigenvalue weighted by Crippen LogP contribution is -2.06. The van der Waals surface area contributed by atoms with Gasteiger partial charge in [-0.15, -0.1) is 0 Å². The molecule has 0 amide bonds. The summed E-state index contributed by atoms with van der Waals surface area (Å²) in [5, 5.41) is 0. The zero-order chi connectivity index (χ0) is 17.6. The fourth-order valence-corrected chi connectivity index (χ4v) is 5.69. The second-order valence-electron chi connectivity index (χ2n) is 4.44. The van der Waals surface area contributed by atoms with Crippen molar-refractivity contribution in [2.24, 2.45) is 0 Å². The first-order chi connectivity index (χ1) is 10.8. The van der Waals surface area contributed by atoms with Gasteiger partial charge in [-0.25, -0.2) is 22.0 Å². The molecule has 0 saturated carbocycles. The summed E-state index contributed by atoms with van der Waals surface area (Å²) < 4.78 is 77.5. The summed E-state index contributed by atoms with van der Waals surface area (Å²) in [5.74, 6) is -10.4. The van der Waals surface area contributed by atoms with Crippen LogP contribution in [0.5, 0.6) is 0 Å². The number of hydrogen-bond acceptors (Lipinski definition) is 4. The minimum Gasteiger partial charge on any atom is -0.322 e. The van der Waals surface area contributed by atoms with Crippen molar-refractivity contribution >= 4 is 28.9 Å². The van der Waals surface area contributed by atoms with Gasteiger partial charge in [0, 0.05) is 11.3 Å². The Morgan fingerprint density at radius 3 is 1.61 bits per heavy atom. The number of halogens is 5. The molecule has 0 saturated heterocycles. The quantitative estimate of drug-likeness (QED) is 0.232. The highest BCUT2D eigenvalue weighted by Crippen LogP contribution is 2.62. The molecular formula is C13H16F5O2PS2. The van der Waals surface area contributed by atoms with Crippen molar-refractivity contribution in [1.82, 2.24) is 0 Å². The summed E-state index contributed by atoms with van der Waals surface area (Å²) in [6.07, 6.45) is 1.30. The Labute approximate surface area is 140 Å². The first-order valence-electron chi connectivity index (χ1n) is 6.81. The van der Waals surface area contributed by atoms with Gasteiger partial charge in [-0.05, 0) is 24.6 Å². The van der Waals surface area contributed by atoms with Gasteiger partial charge in [-0.1, -0.05) is 25.2 Å². The molecule has 0 unspecified atom stereocenters. The van der Waals surface area contributed by atoms with Gasteiger partial charge >= 0.3 is 0 Å². The zero-order valence-corrected chi connectivity index (χ0v) is 15.0. The lowest BCUT2D eigenvalue weighted by molar-refractivity contribution is 0.260. The lowest BCUT2D eigenvalue weighted by Gasteiger charge is -2.21. The van der Waals surface area contributed by atoms with Crippen molar-refractivity contribution in [1.29, 1.82) is 0 Å². The van der Waals surface area contributed by atoms with Crippen LogP contribution in [0.3, 0.4) is 0 Å². The fourth-order valence-electron chi connectivity index (χ4n) is 1.44. The highest BCUT2D eigenvalue weighted by Gasteiger charge is 2.28. The summed E-state index contributed by atoms with van der Waals surface area (Å²) >= 11 is 5.99. The fraction of sp³-hybridized carbons (Fsp3) is 0.538. The molecule has 0 N–H and O–H groups in total. The SMILES string of the molecule is CCCOP(=S)(OCCC)SCc1c(F)c(F)c(F)c(F)c1F. The maximum Gasteiger partial charge on any atom is 0.247 e. The minimum atomic E-state index is -2.92. The van der Waals surface area contributed by atoms with Gasteiger partial charge in [-0.3, -0.25) is 0 Å². The Hall–Kier alpha value is -0.210. The van der Waals surface area contributed by atoms with Crippen LogP contribution < -0.4 is 0 Å². The largest absolute Gasteiger partial charge is 0.322 e. The van der Waals surface area contributed by atoms with Crippen LogP contribution in [0.2, 0.25) is 0 Å². The molecule has 0 radical (unpaired) electrons. The van der Waals surface area contributed by atoms with E-state index in [0.717, 1.165) is 11.4 Å². The summed E-state index contributed by atoms with van der Waals surface area (Å²) in [4.78, 5) is 0. The molecule has 0 heterocycles. The van der Waals surface area contributed by atoms with Crippen molar-refractivity contribution in [3.05, 3.63) is 34.6 Å². The van der Waals surface area contributed by atoms with E-state index in [1.54, 1.807) is 0 Å². The smallest absolute Gasteiger partial charge is 0.247 e. The normalized spacial score (nSPS) is 12.0. The lowest BCUT2D eigenvalue weighted by atomic mass is 10.2. The van der Waals surface area contributed by atoms with Crippen LogP contribution in [-0.2, 0) is 26.6 Å². The number of rotatable bonds is 9. The molecule has 0 aliphatic rings. The summed E-state index contributed by atoms with van der Waals surface area (Å²) in [5.41, 5.74) is -3.85. The van der Waals surface area contributed by atoms with E-state index in [1.165, 1.54) is 0 Å². The second-order valence-corrected chi connectivity index (χ2v) is 10.7. The Bertz CT molecular complexity index is 559. The average molecular weight is 394 g/mol. The molecule has 1 aromatic rings. The summed E-state index contributed by atoms with van der Waals surface area (Å²) in [6.45, 7) is 4.25. The Kier molecular flexibility index (Phi) is 8.44. The first-order valence-corrected chi connectivity index (χ1v) is 11.0. The van der Waals surface area contributed by atoms with Crippen molar-refractivity contribution < 1.29 is 31.0 Å². The van der Waals surface area contributed by atoms with Crippen molar-refractivity contribution in [2.45, 2.75) is 32.4 Å². The third-order valence-electron chi connectivity index (χ3n) is 2.57. The molecule has 10 heteroatoms. The van der Waals surface area contributed by atoms with Crippen molar-refractivity contribution in [3.63, 3.8) is 0 Å². The van der Waals surface area contributed by atoms with E-state index in [-0.39, 0.29) is 13.2 Å². The second kappa shape index (κ2) is 9.32. The van der Waals surface area contributed by atoms with Gasteiger partial charge in [0.15, 0.2) is 23.3 Å². The molecule has 0 aromatic heterocycles. The highest BCUT2D eigenvalue weighted by atomic mass is 32.9. The van der Waals surface area contributed by atoms with E-state index in [4.69, 9.17) is 20.9 Å². The molecule has 0 bridgehead atoms. The van der Waals surface area contributed by atoms with Crippen LogP contribution in [0.1, 0.15) is 32.3 Å². The van der Waals surface area contributed by atoms with Crippen molar-refractivity contribution in [3.8, 4) is 0 Å². The summed E-state index contributed by atoms with van der Waals surface area (Å²) in [6, 6.07) is 0. The van der Waals surface area contributed by atoms with Gasteiger partial charge in [0.05, 0.1) is 13.2 Å². The predicted molar refractivity (Wildman–Crippen MR) is 84.3 cm³/mol. The maximum atomic E-state index is 13.6. The molecule has 132 valence electrons. The van der Waals surface area contributed by atoms with Gasteiger partial charge in [-0.2, -0.15) is 0 Å². The molecular weight excluding hydrogens is 378 g/mol. The molecule has 0 aliphatic heterocycles. The van der Waals surface area contributed by atoms with Gasteiger partial charge in [0.25, 0.3) is 0 Å². The first kappa shape index (κ1) is 20.8. The zero-order valence-electron chi connectivity index (χ0n) is 12.5. The van der Waals surface area contributed by atoms with Crippen LogP contribution >= 0.6 is 17.1 Å². The molecule has 0 spiro atoms. The molecule has 0 atom stereocenters. The number of benzene rings is 1. The van der Waals surface area contributed by atoms with Crippen LogP contribution in [0.4, 0.5) is 22.0 Å². The van der Waals surface area contributed by atoms with E-state index in [9.17, 15) is 22.0 Å². The molecule has 23 heavy (non-hydrogen) atoms. The van der Waals surface area contributed by atoms with E-state index in [2.05, 4.69) is 0 Å². The molecule has 1 rings (SSSR count). The Morgan fingerprint density at radius 2 is 1.22 bits per heavy atom. The molecule has 2 nitrogen and oxygen atoms in total. The van der Waals surface area contributed by atoms with Crippen LogP contribution in [0.15, 0.2) is 0 Å². The van der Waals surface area contributed by atoms with E-state index in [0.29, 0.717) is 12.8 Å². The minimum absolute atomic E-state index is 0.283. The topological polar surface area (TPSA) is 18.5 Å². The molecule has 0 aliphatic carbocycles. The van der Waals surface area contributed by atoms with Crippen molar-refractivity contribution in [2.75, 3.05) is 13.2 Å². The molecule has 1 aromatic carbocycles. The maximum absolute atomic E-state index is 13.6. The third kappa shape index (κ3) is 5.39. The predicted octanol–water partition coefficient (Wildman–Crippen LogP) is 5.69. The summed E-state index contributed by atoms with van der Waals surface area (Å²) in [7, 11) is 0. The van der Waals surface area contributed by atoms with Gasteiger partial charge in [0.2, 0.25) is 11.5 Å². The van der Waals surface area contributed by atoms with Gasteiger partial charge < -0.3 is 9.05 Å². The Morgan fingerprint density at radius 1 is 0.826 bits per heavy atom. The third-order valence-corrected chi connectivity index (χ3v) is 7.86. The van der Waals surface area contributed by atoms with E-state index < -0.39 is 46.1 Å². The van der Waals surface area contributed by atoms with Crippen LogP contribution in [0, 0.1) is 29.1 Å².